The molecule has 0 aromatic rings. The molecule has 3 unspecified atom stereocenters. The second kappa shape index (κ2) is 16.3. The number of ketones is 2. The van der Waals surface area contributed by atoms with Crippen molar-refractivity contribution in [3.05, 3.63) is 24.3 Å². The van der Waals surface area contributed by atoms with Gasteiger partial charge in [0.2, 0.25) is 0 Å². The highest BCUT2D eigenvalue weighted by Crippen LogP contribution is 2.44. The Morgan fingerprint density at radius 1 is 0.692 bits per heavy atom. The molecule has 0 saturated carbocycles. The highest BCUT2D eigenvalue weighted by molar-refractivity contribution is 5.79. The molecule has 18 atom stereocenters. The Kier molecular flexibility index (Phi) is 12.1. The SMILES string of the molecule is C=C1C[C@@H]2CCC(=O)C[C@@H]3O[C@H]4[C@@H](O)[C@H]5OC(CC[C@@H]5O[C@H]4[C@H]3O)CC(=O)C[C@@H]3[C@@H](C)[C@@H](C[C@H](O)CO)O[C@H]3CC3O[C@@H](CCC1O2)C[C@@H](C)C3=C. The maximum absolute atomic E-state index is 13.8. The lowest BCUT2D eigenvalue weighted by Gasteiger charge is -2.46. The van der Waals surface area contributed by atoms with Crippen molar-refractivity contribution in [2.24, 2.45) is 17.8 Å². The van der Waals surface area contributed by atoms with Crippen LogP contribution in [-0.2, 0) is 38.0 Å². The highest BCUT2D eigenvalue weighted by Gasteiger charge is 2.57. The molecule has 0 aromatic heterocycles. The van der Waals surface area contributed by atoms with Crippen molar-refractivity contribution < 1.29 is 58.4 Å². The molecular formula is C40H60O12. The number of aliphatic hydroxyl groups excluding tert-OH is 4. The third kappa shape index (κ3) is 8.17. The predicted octanol–water partition coefficient (Wildman–Crippen LogP) is 2.89. The molecule has 7 aliphatic heterocycles. The summed E-state index contributed by atoms with van der Waals surface area (Å²) in [6.07, 6.45) is -1.85. The van der Waals surface area contributed by atoms with Crippen LogP contribution in [0.5, 0.6) is 0 Å². The van der Waals surface area contributed by atoms with Gasteiger partial charge in [-0.3, -0.25) is 9.59 Å². The van der Waals surface area contributed by atoms with Crippen molar-refractivity contribution in [3.63, 3.8) is 0 Å². The van der Waals surface area contributed by atoms with Crippen LogP contribution >= 0.6 is 0 Å². The average Bonchev–Trinajstić information content (AvgIpc) is 3.73. The number of rotatable bonds is 3. The molecule has 7 saturated heterocycles. The number of fused-ring (bicyclic) bond motifs is 7. The van der Waals surface area contributed by atoms with E-state index in [-0.39, 0.29) is 105 Å². The van der Waals surface area contributed by atoms with E-state index in [0.717, 1.165) is 30.4 Å². The Bertz CT molecular complexity index is 1320. The van der Waals surface area contributed by atoms with Crippen LogP contribution in [0.4, 0.5) is 0 Å². The minimum Gasteiger partial charge on any atom is -0.394 e. The number of carbonyl (C=O) groups is 2. The summed E-state index contributed by atoms with van der Waals surface area (Å²) in [6.45, 7) is 12.6. The first kappa shape index (κ1) is 38.7. The van der Waals surface area contributed by atoms with E-state index in [1.807, 2.05) is 0 Å². The molecule has 7 aliphatic rings. The van der Waals surface area contributed by atoms with Crippen LogP contribution < -0.4 is 0 Å². The highest BCUT2D eigenvalue weighted by atomic mass is 16.6. The molecule has 292 valence electrons. The summed E-state index contributed by atoms with van der Waals surface area (Å²) in [5, 5.41) is 42.5. The normalized spacial score (nSPS) is 48.4. The van der Waals surface area contributed by atoms with Crippen LogP contribution in [0.2, 0.25) is 0 Å². The molecule has 8 bridgehead atoms. The third-order valence-corrected chi connectivity index (χ3v) is 13.3. The van der Waals surface area contributed by atoms with E-state index in [2.05, 4.69) is 27.0 Å². The molecule has 4 N–H and O–H groups in total. The molecule has 7 heterocycles. The number of carbonyl (C=O) groups excluding carboxylic acids is 2. The second-order valence-electron chi connectivity index (χ2n) is 17.0. The molecule has 0 amide bonds. The molecular weight excluding hydrogens is 672 g/mol. The zero-order valence-corrected chi connectivity index (χ0v) is 30.8. The summed E-state index contributed by atoms with van der Waals surface area (Å²) in [7, 11) is 0. The minimum absolute atomic E-state index is 0.00785. The molecule has 12 heteroatoms. The Labute approximate surface area is 307 Å². The summed E-state index contributed by atoms with van der Waals surface area (Å²) in [6, 6.07) is 0. The molecule has 0 spiro atoms. The fraction of sp³-hybridized carbons (Fsp3) is 0.850. The largest absolute Gasteiger partial charge is 0.394 e. The molecule has 7 rings (SSSR count). The van der Waals surface area contributed by atoms with Crippen molar-refractivity contribution in [2.75, 3.05) is 6.61 Å². The topological polar surface area (TPSA) is 170 Å². The van der Waals surface area contributed by atoms with E-state index in [0.29, 0.717) is 32.1 Å². The number of hydrogen-bond acceptors (Lipinski definition) is 12. The van der Waals surface area contributed by atoms with Gasteiger partial charge >= 0.3 is 0 Å². The predicted molar refractivity (Wildman–Crippen MR) is 187 cm³/mol. The van der Waals surface area contributed by atoms with E-state index in [9.17, 15) is 30.0 Å². The average molecular weight is 733 g/mol. The molecule has 7 fully saturated rings. The van der Waals surface area contributed by atoms with E-state index >= 15 is 0 Å². The number of aliphatic hydroxyl groups is 4. The summed E-state index contributed by atoms with van der Waals surface area (Å²) < 4.78 is 38.4. The number of hydrogen-bond donors (Lipinski definition) is 4. The Morgan fingerprint density at radius 2 is 1.40 bits per heavy atom. The summed E-state index contributed by atoms with van der Waals surface area (Å²) >= 11 is 0. The molecule has 52 heavy (non-hydrogen) atoms. The van der Waals surface area contributed by atoms with Gasteiger partial charge in [0.25, 0.3) is 0 Å². The lowest BCUT2D eigenvalue weighted by Crippen LogP contribution is -2.61. The van der Waals surface area contributed by atoms with Crippen molar-refractivity contribution in [1.29, 1.82) is 0 Å². The van der Waals surface area contributed by atoms with E-state index in [1.54, 1.807) is 0 Å². The second-order valence-corrected chi connectivity index (χ2v) is 17.0. The lowest BCUT2D eigenvalue weighted by atomic mass is 9.79. The van der Waals surface area contributed by atoms with Gasteiger partial charge in [0, 0.05) is 38.5 Å². The maximum atomic E-state index is 13.8. The summed E-state index contributed by atoms with van der Waals surface area (Å²) in [5.74, 6) is 0.0495. The van der Waals surface area contributed by atoms with Crippen LogP contribution in [0.25, 0.3) is 0 Å². The van der Waals surface area contributed by atoms with Crippen LogP contribution in [0.1, 0.15) is 97.3 Å². The van der Waals surface area contributed by atoms with Crippen molar-refractivity contribution in [3.8, 4) is 0 Å². The van der Waals surface area contributed by atoms with Crippen LogP contribution in [0.3, 0.4) is 0 Å². The van der Waals surface area contributed by atoms with Gasteiger partial charge in [-0.05, 0) is 73.8 Å². The van der Waals surface area contributed by atoms with Gasteiger partial charge in [-0.15, -0.1) is 0 Å². The zero-order valence-electron chi connectivity index (χ0n) is 30.8. The number of ether oxygens (including phenoxy) is 6. The fourth-order valence-electron chi connectivity index (χ4n) is 10.1. The molecule has 12 nitrogen and oxygen atoms in total. The van der Waals surface area contributed by atoms with E-state index in [1.165, 1.54) is 0 Å². The van der Waals surface area contributed by atoms with Crippen LogP contribution in [0, 0.1) is 17.8 Å². The Balaban J connectivity index is 1.10. The van der Waals surface area contributed by atoms with Crippen molar-refractivity contribution in [2.45, 2.75) is 189 Å². The molecule has 0 aliphatic carbocycles. The van der Waals surface area contributed by atoms with Gasteiger partial charge in [0.1, 0.15) is 42.1 Å². The first-order valence-electron chi connectivity index (χ1n) is 19.9. The lowest BCUT2D eigenvalue weighted by molar-refractivity contribution is -0.259. The van der Waals surface area contributed by atoms with Gasteiger partial charge in [0.05, 0.1) is 67.6 Å². The van der Waals surface area contributed by atoms with Gasteiger partial charge in [-0.2, -0.15) is 0 Å². The third-order valence-electron chi connectivity index (χ3n) is 13.3. The molecule has 0 radical (unpaired) electrons. The fourth-order valence-corrected chi connectivity index (χ4v) is 10.1. The number of Topliss-reactive ketones (excluding diaryl/α,β-unsaturated/α-hetero) is 2. The van der Waals surface area contributed by atoms with E-state index in [4.69, 9.17) is 28.4 Å². The molecule has 0 aromatic carbocycles. The summed E-state index contributed by atoms with van der Waals surface area (Å²) in [5.41, 5.74) is 2.04. The van der Waals surface area contributed by atoms with Gasteiger partial charge in [-0.1, -0.05) is 27.0 Å². The van der Waals surface area contributed by atoms with Gasteiger partial charge in [-0.25, -0.2) is 0 Å². The Hall–Kier alpha value is -1.58. The van der Waals surface area contributed by atoms with Crippen LogP contribution in [0.15, 0.2) is 24.3 Å². The maximum Gasteiger partial charge on any atom is 0.135 e. The minimum atomic E-state index is -1.08. The first-order valence-corrected chi connectivity index (χ1v) is 19.9. The van der Waals surface area contributed by atoms with Crippen molar-refractivity contribution >= 4 is 11.6 Å². The zero-order chi connectivity index (χ0) is 36.8. The standard InChI is InChI=1S/C40H60O12/c1-19-11-27-7-9-30-20(2)12-26(47-30)6-5-23(42)15-35-36(45)39-40(52-35)37(46)38-31(51-39)10-8-28(49-38)13-24(43)14-29-22(4)32(16-25(44)18-41)50-34(29)17-33(48-27)21(19)3/h19,22,25-41,44-46H,2-3,5-18H2,1,4H3/t19-,22-,25+,26+,27+,28?,29-,30?,31+,32-,33?,34+,35+,36+,37+,38+,39+,40+/m1/s1. The van der Waals surface area contributed by atoms with Crippen molar-refractivity contribution in [1.82, 2.24) is 0 Å². The summed E-state index contributed by atoms with van der Waals surface area (Å²) in [4.78, 5) is 26.9. The van der Waals surface area contributed by atoms with E-state index < -0.39 is 54.9 Å². The first-order chi connectivity index (χ1) is 24.9. The van der Waals surface area contributed by atoms with Gasteiger partial charge < -0.3 is 48.8 Å². The quantitative estimate of drug-likeness (QED) is 0.314. The van der Waals surface area contributed by atoms with Gasteiger partial charge in [0.15, 0.2) is 0 Å². The van der Waals surface area contributed by atoms with Crippen LogP contribution in [-0.4, -0.2) is 130 Å². The smallest absolute Gasteiger partial charge is 0.135 e. The Morgan fingerprint density at radius 3 is 2.19 bits per heavy atom. The monoisotopic (exact) mass is 732 g/mol.